The van der Waals surface area contributed by atoms with Crippen LogP contribution in [0.3, 0.4) is 0 Å². The van der Waals surface area contributed by atoms with Gasteiger partial charge in [0, 0.05) is 46.5 Å². The molecule has 6 heteroatoms. The van der Waals surface area contributed by atoms with Gasteiger partial charge in [-0.1, -0.05) is 18.2 Å². The lowest BCUT2D eigenvalue weighted by molar-refractivity contribution is -0.140. The van der Waals surface area contributed by atoms with E-state index in [1.807, 2.05) is 24.2 Å². The minimum absolute atomic E-state index is 0.178. The predicted octanol–water partition coefficient (Wildman–Crippen LogP) is 4.03. The van der Waals surface area contributed by atoms with Crippen LogP contribution < -0.4 is 0 Å². The van der Waals surface area contributed by atoms with Crippen LogP contribution in [0.25, 0.3) is 0 Å². The molecule has 1 aromatic rings. The van der Waals surface area contributed by atoms with Gasteiger partial charge in [0.1, 0.15) is 5.82 Å². The Morgan fingerprint density at radius 3 is 2.42 bits per heavy atom. The summed E-state index contributed by atoms with van der Waals surface area (Å²) in [5, 5.41) is 0. The van der Waals surface area contributed by atoms with Gasteiger partial charge < -0.3 is 9.47 Å². The van der Waals surface area contributed by atoms with Crippen LogP contribution in [0.4, 0.5) is 4.39 Å². The summed E-state index contributed by atoms with van der Waals surface area (Å²) < 4.78 is 26.7. The second kappa shape index (κ2) is 9.93. The van der Waals surface area contributed by atoms with Crippen LogP contribution in [-0.2, 0) is 16.0 Å². The molecule has 0 spiro atoms. The maximum Gasteiger partial charge on any atom is 0.171 e. The maximum absolute atomic E-state index is 13.6. The number of ether oxygens (including phenoxy) is 2. The molecule has 0 aliphatic carbocycles. The highest BCUT2D eigenvalue weighted by Crippen LogP contribution is 2.23. The third-order valence-electron chi connectivity index (χ3n) is 2.46. The molecule has 0 bridgehead atoms. The fourth-order valence-electron chi connectivity index (χ4n) is 1.63. The largest absolute Gasteiger partial charge is 0.352 e. The number of rotatable bonds is 9. The molecule has 0 saturated heterocycles. The van der Waals surface area contributed by atoms with Crippen molar-refractivity contribution < 1.29 is 13.9 Å². The summed E-state index contributed by atoms with van der Waals surface area (Å²) in [6, 6.07) is 6.82. The molecule has 0 radical (unpaired) electrons. The van der Waals surface area contributed by atoms with Crippen molar-refractivity contribution in [3.63, 3.8) is 0 Å². The predicted molar refractivity (Wildman–Crippen MR) is 85.5 cm³/mol. The Balaban J connectivity index is 2.59. The molecule has 0 aliphatic heterocycles. The summed E-state index contributed by atoms with van der Waals surface area (Å²) in [6.45, 7) is 6.20. The van der Waals surface area contributed by atoms with Gasteiger partial charge in [0.05, 0.1) is 6.54 Å². The van der Waals surface area contributed by atoms with Crippen molar-refractivity contribution in [2.75, 3.05) is 19.8 Å². The minimum atomic E-state index is -0.274. The Morgan fingerprint density at radius 1 is 1.26 bits per heavy atom. The molecule has 0 aromatic heterocycles. The van der Waals surface area contributed by atoms with Gasteiger partial charge in [-0.2, -0.15) is 0 Å². The first-order valence-electron chi connectivity index (χ1n) is 6.21. The SMILES string of the molecule is CCOC(CN(Cc1ccccc1F)SI)OCC. The zero-order valence-corrected chi connectivity index (χ0v) is 14.1. The highest BCUT2D eigenvalue weighted by Gasteiger charge is 2.16. The van der Waals surface area contributed by atoms with E-state index in [9.17, 15) is 4.39 Å². The quantitative estimate of drug-likeness (QED) is 0.355. The molecule has 19 heavy (non-hydrogen) atoms. The van der Waals surface area contributed by atoms with Gasteiger partial charge in [-0.3, -0.25) is 0 Å². The lowest BCUT2D eigenvalue weighted by Crippen LogP contribution is -2.31. The molecule has 0 amide bonds. The van der Waals surface area contributed by atoms with Crippen molar-refractivity contribution in [3.05, 3.63) is 35.6 Å². The average Bonchev–Trinajstić information content (AvgIpc) is 2.41. The fourth-order valence-corrected chi connectivity index (χ4v) is 2.89. The molecule has 108 valence electrons. The van der Waals surface area contributed by atoms with Gasteiger partial charge in [-0.05, 0) is 29.0 Å². The van der Waals surface area contributed by atoms with Crippen molar-refractivity contribution in [1.29, 1.82) is 0 Å². The van der Waals surface area contributed by atoms with Gasteiger partial charge in [0.25, 0.3) is 0 Å². The lowest BCUT2D eigenvalue weighted by Gasteiger charge is -2.24. The number of hydrogen-bond acceptors (Lipinski definition) is 4. The van der Waals surface area contributed by atoms with Crippen LogP contribution in [0.5, 0.6) is 0 Å². The number of benzene rings is 1. The van der Waals surface area contributed by atoms with E-state index < -0.39 is 0 Å². The monoisotopic (exact) mass is 399 g/mol. The Kier molecular flexibility index (Phi) is 8.97. The summed E-state index contributed by atoms with van der Waals surface area (Å²) in [4.78, 5) is 0. The van der Waals surface area contributed by atoms with Crippen molar-refractivity contribution in [2.45, 2.75) is 26.7 Å². The molecular weight excluding hydrogens is 380 g/mol. The van der Waals surface area contributed by atoms with E-state index in [0.29, 0.717) is 31.9 Å². The molecule has 1 aromatic carbocycles. The molecule has 0 N–H and O–H groups in total. The van der Waals surface area contributed by atoms with Crippen LogP contribution in [-0.4, -0.2) is 30.4 Å². The average molecular weight is 399 g/mol. The minimum Gasteiger partial charge on any atom is -0.352 e. The van der Waals surface area contributed by atoms with E-state index in [2.05, 4.69) is 21.2 Å². The number of halogens is 2. The van der Waals surface area contributed by atoms with Gasteiger partial charge in [0.15, 0.2) is 6.29 Å². The van der Waals surface area contributed by atoms with E-state index >= 15 is 0 Å². The number of hydrogen-bond donors (Lipinski definition) is 0. The molecule has 0 atom stereocenters. The zero-order chi connectivity index (χ0) is 14.1. The molecule has 0 saturated carbocycles. The van der Waals surface area contributed by atoms with Gasteiger partial charge >= 0.3 is 0 Å². The third-order valence-corrected chi connectivity index (χ3v) is 4.60. The second-order valence-electron chi connectivity index (χ2n) is 3.82. The Morgan fingerprint density at radius 2 is 1.89 bits per heavy atom. The normalized spacial score (nSPS) is 11.5. The Hall–Kier alpha value is 0.110. The first kappa shape index (κ1) is 17.2. The van der Waals surface area contributed by atoms with Gasteiger partial charge in [-0.15, -0.1) is 0 Å². The van der Waals surface area contributed by atoms with Crippen molar-refractivity contribution >= 4 is 30.3 Å². The lowest BCUT2D eigenvalue weighted by atomic mass is 10.2. The summed E-state index contributed by atoms with van der Waals surface area (Å²) in [6.07, 6.45) is -0.274. The Bertz CT molecular complexity index is 364. The van der Waals surface area contributed by atoms with E-state index in [-0.39, 0.29) is 12.1 Å². The molecular formula is C13H19FINO2S. The van der Waals surface area contributed by atoms with E-state index in [0.717, 1.165) is 0 Å². The highest BCUT2D eigenvalue weighted by molar-refractivity contribution is 14.2. The molecule has 1 rings (SSSR count). The Labute approximate surface area is 130 Å². The highest BCUT2D eigenvalue weighted by atomic mass is 127. The molecule has 0 fully saturated rings. The summed E-state index contributed by atoms with van der Waals surface area (Å²) >= 11 is 2.19. The van der Waals surface area contributed by atoms with Crippen LogP contribution >= 0.6 is 30.3 Å². The van der Waals surface area contributed by atoms with Crippen LogP contribution in [0.1, 0.15) is 19.4 Å². The summed E-state index contributed by atoms with van der Waals surface area (Å²) in [5.74, 6) is -0.178. The summed E-state index contributed by atoms with van der Waals surface area (Å²) in [5.41, 5.74) is 0.679. The van der Waals surface area contributed by atoms with E-state index in [1.54, 1.807) is 12.1 Å². The summed E-state index contributed by atoms with van der Waals surface area (Å²) in [7, 11) is 1.53. The van der Waals surface area contributed by atoms with Crippen molar-refractivity contribution in [2.24, 2.45) is 0 Å². The maximum atomic E-state index is 13.6. The standard InChI is InChI=1S/C13H19FINO2S/c1-3-17-13(18-4-2)10-16(19-15)9-11-7-5-6-8-12(11)14/h5-8,13H,3-4,9-10H2,1-2H3. The van der Waals surface area contributed by atoms with Crippen LogP contribution in [0.2, 0.25) is 0 Å². The first-order valence-corrected chi connectivity index (χ1v) is 9.53. The first-order chi connectivity index (χ1) is 9.21. The van der Waals surface area contributed by atoms with Crippen molar-refractivity contribution in [3.8, 4) is 0 Å². The van der Waals surface area contributed by atoms with Crippen molar-refractivity contribution in [1.82, 2.24) is 4.31 Å². The smallest absolute Gasteiger partial charge is 0.171 e. The fraction of sp³-hybridized carbons (Fsp3) is 0.538. The van der Waals surface area contributed by atoms with Gasteiger partial charge in [0.2, 0.25) is 0 Å². The van der Waals surface area contributed by atoms with Crippen LogP contribution in [0, 0.1) is 5.82 Å². The molecule has 3 nitrogen and oxygen atoms in total. The topological polar surface area (TPSA) is 21.7 Å². The number of nitrogens with zero attached hydrogens (tertiary/aromatic N) is 1. The van der Waals surface area contributed by atoms with Gasteiger partial charge in [-0.25, -0.2) is 8.70 Å². The molecule has 0 heterocycles. The van der Waals surface area contributed by atoms with E-state index in [1.165, 1.54) is 15.2 Å². The van der Waals surface area contributed by atoms with Crippen LogP contribution in [0.15, 0.2) is 24.3 Å². The second-order valence-corrected chi connectivity index (χ2v) is 5.66. The molecule has 0 aliphatic rings. The third kappa shape index (κ3) is 6.40. The van der Waals surface area contributed by atoms with E-state index in [4.69, 9.17) is 9.47 Å². The molecule has 0 unspecified atom stereocenters. The zero-order valence-electron chi connectivity index (χ0n) is 11.1.